The molecule has 1 aliphatic heterocycles. The van der Waals surface area contributed by atoms with Crippen LogP contribution in [0.3, 0.4) is 0 Å². The number of carbonyl (C=O) groups excluding carboxylic acids is 1. The summed E-state index contributed by atoms with van der Waals surface area (Å²) in [4.78, 5) is 23.0. The van der Waals surface area contributed by atoms with E-state index in [0.717, 1.165) is 24.2 Å². The summed E-state index contributed by atoms with van der Waals surface area (Å²) in [6.45, 7) is 2.34. The summed E-state index contributed by atoms with van der Waals surface area (Å²) in [5.74, 6) is -4.29. The van der Waals surface area contributed by atoms with Gasteiger partial charge in [0, 0.05) is 18.3 Å². The normalized spacial score (nSPS) is 12.8. The van der Waals surface area contributed by atoms with Gasteiger partial charge in [0.2, 0.25) is 0 Å². The van der Waals surface area contributed by atoms with Gasteiger partial charge < -0.3 is 10.2 Å². The van der Waals surface area contributed by atoms with E-state index in [4.69, 9.17) is 0 Å². The van der Waals surface area contributed by atoms with E-state index in [1.54, 1.807) is 6.92 Å². The van der Waals surface area contributed by atoms with Crippen LogP contribution in [0.1, 0.15) is 21.9 Å². The number of anilines is 3. The van der Waals surface area contributed by atoms with Crippen LogP contribution in [0.2, 0.25) is 0 Å². The zero-order valence-electron chi connectivity index (χ0n) is 14.8. The maximum atomic E-state index is 13.8. The van der Waals surface area contributed by atoms with Crippen LogP contribution in [0.5, 0.6) is 0 Å². The molecule has 2 heterocycles. The van der Waals surface area contributed by atoms with Crippen molar-refractivity contribution in [2.24, 2.45) is 0 Å². The van der Waals surface area contributed by atoms with E-state index in [-0.39, 0.29) is 5.69 Å². The molecule has 0 atom stereocenters. The van der Waals surface area contributed by atoms with E-state index < -0.39 is 29.0 Å². The van der Waals surface area contributed by atoms with E-state index in [9.17, 15) is 18.0 Å². The van der Waals surface area contributed by atoms with E-state index in [0.29, 0.717) is 18.2 Å². The summed E-state index contributed by atoms with van der Waals surface area (Å²) in [6, 6.07) is 11.1. The molecule has 4 rings (SSSR count). The van der Waals surface area contributed by atoms with Gasteiger partial charge in [0.25, 0.3) is 5.91 Å². The van der Waals surface area contributed by atoms with Crippen molar-refractivity contribution in [3.63, 3.8) is 0 Å². The average Bonchev–Trinajstić information content (AvgIpc) is 3.12. The fourth-order valence-electron chi connectivity index (χ4n) is 3.19. The molecule has 2 aromatic carbocycles. The smallest absolute Gasteiger partial charge is 0.274 e. The highest BCUT2D eigenvalue weighted by Gasteiger charge is 2.23. The van der Waals surface area contributed by atoms with Crippen molar-refractivity contribution in [1.29, 1.82) is 0 Å². The van der Waals surface area contributed by atoms with Gasteiger partial charge in [-0.1, -0.05) is 18.2 Å². The van der Waals surface area contributed by atoms with Crippen molar-refractivity contribution in [2.45, 2.75) is 13.3 Å². The van der Waals surface area contributed by atoms with Gasteiger partial charge in [-0.25, -0.2) is 23.1 Å². The van der Waals surface area contributed by atoms with E-state index >= 15 is 0 Å². The Morgan fingerprint density at radius 3 is 2.68 bits per heavy atom. The number of fused-ring (bicyclic) bond motifs is 1. The molecule has 0 spiro atoms. The number of carbonyl (C=O) groups is 1. The molecule has 28 heavy (non-hydrogen) atoms. The van der Waals surface area contributed by atoms with E-state index in [1.807, 2.05) is 29.2 Å². The maximum Gasteiger partial charge on any atom is 0.274 e. The molecule has 1 aromatic heterocycles. The van der Waals surface area contributed by atoms with E-state index in [1.165, 1.54) is 11.6 Å². The number of amides is 1. The molecule has 0 radical (unpaired) electrons. The SMILES string of the molecule is Cc1nc(C(=O)Nc2ccc(F)c(F)c2F)cc(N2CCc3ccccc32)n1. The first kappa shape index (κ1) is 18.0. The van der Waals surface area contributed by atoms with Crippen LogP contribution in [-0.2, 0) is 6.42 Å². The first-order valence-corrected chi connectivity index (χ1v) is 8.60. The van der Waals surface area contributed by atoms with Crippen LogP contribution in [0.25, 0.3) is 0 Å². The van der Waals surface area contributed by atoms with Gasteiger partial charge in [-0.15, -0.1) is 0 Å². The Balaban J connectivity index is 1.65. The van der Waals surface area contributed by atoms with Crippen LogP contribution in [0, 0.1) is 24.4 Å². The number of aryl methyl sites for hydroxylation is 1. The Hall–Kier alpha value is -3.42. The Labute approximate surface area is 158 Å². The first-order chi connectivity index (χ1) is 13.4. The van der Waals surface area contributed by atoms with Gasteiger partial charge in [0.15, 0.2) is 17.5 Å². The van der Waals surface area contributed by atoms with Crippen LogP contribution in [0.15, 0.2) is 42.5 Å². The van der Waals surface area contributed by atoms with Crippen LogP contribution < -0.4 is 10.2 Å². The highest BCUT2D eigenvalue weighted by molar-refractivity contribution is 6.03. The molecular formula is C20H15F3N4O. The van der Waals surface area contributed by atoms with Crippen LogP contribution >= 0.6 is 0 Å². The third-order valence-corrected chi connectivity index (χ3v) is 4.50. The van der Waals surface area contributed by atoms with Gasteiger partial charge in [0.05, 0.1) is 5.69 Å². The average molecular weight is 384 g/mol. The molecule has 0 saturated carbocycles. The monoisotopic (exact) mass is 384 g/mol. The second kappa shape index (κ2) is 6.95. The van der Waals surface area contributed by atoms with Crippen molar-refractivity contribution in [2.75, 3.05) is 16.8 Å². The summed E-state index contributed by atoms with van der Waals surface area (Å²) in [7, 11) is 0. The fraction of sp³-hybridized carbons (Fsp3) is 0.150. The first-order valence-electron chi connectivity index (χ1n) is 8.60. The third-order valence-electron chi connectivity index (χ3n) is 4.50. The summed E-state index contributed by atoms with van der Waals surface area (Å²) < 4.78 is 40.3. The number of nitrogens with one attached hydrogen (secondary N) is 1. The number of hydrogen-bond donors (Lipinski definition) is 1. The second-order valence-electron chi connectivity index (χ2n) is 6.37. The zero-order chi connectivity index (χ0) is 19.8. The van der Waals surface area contributed by atoms with Gasteiger partial charge >= 0.3 is 0 Å². The van der Waals surface area contributed by atoms with E-state index in [2.05, 4.69) is 15.3 Å². The second-order valence-corrected chi connectivity index (χ2v) is 6.37. The van der Waals surface area contributed by atoms with Crippen molar-refractivity contribution in [1.82, 2.24) is 9.97 Å². The fourth-order valence-corrected chi connectivity index (χ4v) is 3.19. The lowest BCUT2D eigenvalue weighted by Gasteiger charge is -2.19. The van der Waals surface area contributed by atoms with Crippen molar-refractivity contribution in [3.05, 3.63) is 77.0 Å². The lowest BCUT2D eigenvalue weighted by atomic mass is 10.2. The standard InChI is InChI=1S/C20H15F3N4O/c1-11-24-15(20(28)26-14-7-6-13(21)18(22)19(14)23)10-17(25-11)27-9-8-12-4-2-3-5-16(12)27/h2-7,10H,8-9H2,1H3,(H,26,28). The van der Waals surface area contributed by atoms with Crippen LogP contribution in [0.4, 0.5) is 30.4 Å². The molecule has 0 fully saturated rings. The maximum absolute atomic E-state index is 13.8. The predicted molar refractivity (Wildman–Crippen MR) is 98.2 cm³/mol. The Morgan fingerprint density at radius 1 is 1.07 bits per heavy atom. The van der Waals surface area contributed by atoms with Gasteiger partial charge in [-0.3, -0.25) is 4.79 Å². The van der Waals surface area contributed by atoms with Gasteiger partial charge in [-0.2, -0.15) is 0 Å². The number of benzene rings is 2. The molecule has 8 heteroatoms. The number of halogens is 3. The minimum atomic E-state index is -1.65. The molecule has 3 aromatic rings. The molecule has 0 unspecified atom stereocenters. The Morgan fingerprint density at radius 2 is 1.86 bits per heavy atom. The van der Waals surface area contributed by atoms with Crippen molar-refractivity contribution >= 4 is 23.1 Å². The minimum absolute atomic E-state index is 0.00369. The summed E-state index contributed by atoms with van der Waals surface area (Å²) >= 11 is 0. The molecular weight excluding hydrogens is 369 g/mol. The summed E-state index contributed by atoms with van der Waals surface area (Å²) in [6.07, 6.45) is 0.848. The lowest BCUT2D eigenvalue weighted by Crippen LogP contribution is -2.20. The largest absolute Gasteiger partial charge is 0.326 e. The number of hydrogen-bond acceptors (Lipinski definition) is 4. The quantitative estimate of drug-likeness (QED) is 0.690. The highest BCUT2D eigenvalue weighted by atomic mass is 19.2. The predicted octanol–water partition coefficient (Wildman–Crippen LogP) is 4.15. The molecule has 142 valence electrons. The molecule has 1 amide bonds. The van der Waals surface area contributed by atoms with Gasteiger partial charge in [-0.05, 0) is 37.1 Å². The highest BCUT2D eigenvalue weighted by Crippen LogP contribution is 2.33. The van der Waals surface area contributed by atoms with Crippen molar-refractivity contribution < 1.29 is 18.0 Å². The molecule has 1 aliphatic rings. The molecule has 0 bridgehead atoms. The number of para-hydroxylation sites is 1. The molecule has 5 nitrogen and oxygen atoms in total. The number of aromatic nitrogens is 2. The summed E-state index contributed by atoms with van der Waals surface area (Å²) in [5, 5.41) is 2.23. The lowest BCUT2D eigenvalue weighted by molar-refractivity contribution is 0.102. The molecule has 0 saturated heterocycles. The number of nitrogens with zero attached hydrogens (tertiary/aromatic N) is 3. The minimum Gasteiger partial charge on any atom is -0.326 e. The van der Waals surface area contributed by atoms with Crippen LogP contribution in [-0.4, -0.2) is 22.4 Å². The summed E-state index contributed by atoms with van der Waals surface area (Å²) in [5.41, 5.74) is 1.71. The third kappa shape index (κ3) is 3.17. The Bertz CT molecular complexity index is 1090. The Kier molecular flexibility index (Phi) is 4.46. The zero-order valence-corrected chi connectivity index (χ0v) is 14.8. The van der Waals surface area contributed by atoms with Crippen molar-refractivity contribution in [3.8, 4) is 0 Å². The van der Waals surface area contributed by atoms with Gasteiger partial charge in [0.1, 0.15) is 17.3 Å². The molecule has 0 aliphatic carbocycles. The molecule has 1 N–H and O–H groups in total. The number of rotatable bonds is 3. The topological polar surface area (TPSA) is 58.1 Å².